The third kappa shape index (κ3) is 7.00. The van der Waals surface area contributed by atoms with E-state index in [2.05, 4.69) is 10.6 Å². The summed E-state index contributed by atoms with van der Waals surface area (Å²) in [6.45, 7) is 3.66. The summed E-state index contributed by atoms with van der Waals surface area (Å²) < 4.78 is 18.7. The number of carbonyl (C=O) groups is 2. The molecule has 2 aromatic rings. The molecule has 150 valence electrons. The molecule has 0 aliphatic heterocycles. The van der Waals surface area contributed by atoms with Crippen LogP contribution in [0.2, 0.25) is 0 Å². The standard InChI is InChI=1S/C21H25FN2O4/c1-14-5-3-6-15(2)21(14)28-13-18(25)11-23-20(27)12-24-19(26)10-16-7-4-8-17(22)9-16/h3-9,18,25H,10-13H2,1-2H3,(H,23,27)(H,24,26). The highest BCUT2D eigenvalue weighted by atomic mass is 19.1. The highest BCUT2D eigenvalue weighted by molar-refractivity contribution is 5.85. The first-order valence-electron chi connectivity index (χ1n) is 9.00. The molecule has 0 aliphatic rings. The van der Waals surface area contributed by atoms with Gasteiger partial charge in [0.15, 0.2) is 0 Å². The fraction of sp³-hybridized carbons (Fsp3) is 0.333. The van der Waals surface area contributed by atoms with Crippen LogP contribution in [0, 0.1) is 19.7 Å². The Morgan fingerprint density at radius 1 is 1.07 bits per heavy atom. The number of para-hydroxylation sites is 1. The predicted molar refractivity (Wildman–Crippen MR) is 104 cm³/mol. The molecule has 0 aromatic heterocycles. The fourth-order valence-corrected chi connectivity index (χ4v) is 2.63. The van der Waals surface area contributed by atoms with Gasteiger partial charge in [-0.25, -0.2) is 4.39 Å². The lowest BCUT2D eigenvalue weighted by Gasteiger charge is -2.16. The van der Waals surface area contributed by atoms with E-state index in [9.17, 15) is 19.1 Å². The summed E-state index contributed by atoms with van der Waals surface area (Å²) in [5, 5.41) is 15.0. The lowest BCUT2D eigenvalue weighted by molar-refractivity contribution is -0.126. The molecule has 0 bridgehead atoms. The number of carbonyl (C=O) groups excluding carboxylic acids is 2. The van der Waals surface area contributed by atoms with Crippen molar-refractivity contribution in [2.75, 3.05) is 19.7 Å². The van der Waals surface area contributed by atoms with Crippen LogP contribution in [-0.2, 0) is 16.0 Å². The van der Waals surface area contributed by atoms with Gasteiger partial charge in [0.05, 0.1) is 13.0 Å². The molecule has 1 unspecified atom stereocenters. The second-order valence-electron chi connectivity index (χ2n) is 6.57. The zero-order valence-electron chi connectivity index (χ0n) is 16.0. The molecule has 28 heavy (non-hydrogen) atoms. The third-order valence-electron chi connectivity index (χ3n) is 4.06. The van der Waals surface area contributed by atoms with E-state index in [-0.39, 0.29) is 32.0 Å². The Bertz CT molecular complexity index is 806. The zero-order valence-corrected chi connectivity index (χ0v) is 16.0. The van der Waals surface area contributed by atoms with Gasteiger partial charge < -0.3 is 20.5 Å². The molecule has 6 nitrogen and oxygen atoms in total. The van der Waals surface area contributed by atoms with Crippen molar-refractivity contribution in [1.82, 2.24) is 10.6 Å². The fourth-order valence-electron chi connectivity index (χ4n) is 2.63. The molecule has 1 atom stereocenters. The second-order valence-corrected chi connectivity index (χ2v) is 6.57. The van der Waals surface area contributed by atoms with Gasteiger partial charge in [0.25, 0.3) is 0 Å². The van der Waals surface area contributed by atoms with Gasteiger partial charge in [-0.1, -0.05) is 30.3 Å². The Morgan fingerprint density at radius 2 is 1.75 bits per heavy atom. The molecule has 2 aromatic carbocycles. The average Bonchev–Trinajstić information content (AvgIpc) is 2.64. The highest BCUT2D eigenvalue weighted by Crippen LogP contribution is 2.22. The van der Waals surface area contributed by atoms with Crippen LogP contribution in [0.4, 0.5) is 4.39 Å². The number of aliphatic hydroxyl groups is 1. The topological polar surface area (TPSA) is 87.7 Å². The first kappa shape index (κ1) is 21.4. The number of nitrogens with one attached hydrogen (secondary N) is 2. The van der Waals surface area contributed by atoms with Crippen LogP contribution in [0.3, 0.4) is 0 Å². The monoisotopic (exact) mass is 388 g/mol. The molecule has 0 aliphatic carbocycles. The molecule has 0 heterocycles. The van der Waals surface area contributed by atoms with Crippen molar-refractivity contribution in [2.24, 2.45) is 0 Å². The largest absolute Gasteiger partial charge is 0.490 e. The molecule has 0 saturated heterocycles. The number of benzene rings is 2. The van der Waals surface area contributed by atoms with Crippen LogP contribution < -0.4 is 15.4 Å². The van der Waals surface area contributed by atoms with Crippen molar-refractivity contribution in [3.8, 4) is 5.75 Å². The first-order chi connectivity index (χ1) is 13.3. The van der Waals surface area contributed by atoms with E-state index < -0.39 is 17.8 Å². The second kappa shape index (κ2) is 10.4. The number of halogens is 1. The molecule has 7 heteroatoms. The molecule has 2 rings (SSSR count). The summed E-state index contributed by atoms with van der Waals surface area (Å²) in [4.78, 5) is 23.6. The number of amides is 2. The maximum absolute atomic E-state index is 13.1. The molecule has 0 spiro atoms. The maximum Gasteiger partial charge on any atom is 0.239 e. The van der Waals surface area contributed by atoms with Gasteiger partial charge in [0.2, 0.25) is 11.8 Å². The Balaban J connectivity index is 1.66. The molecule has 0 radical (unpaired) electrons. The van der Waals surface area contributed by atoms with Crippen molar-refractivity contribution < 1.29 is 23.8 Å². The van der Waals surface area contributed by atoms with E-state index in [0.717, 1.165) is 16.9 Å². The van der Waals surface area contributed by atoms with E-state index in [1.807, 2.05) is 32.0 Å². The Kier molecular flexibility index (Phi) is 7.95. The van der Waals surface area contributed by atoms with Crippen LogP contribution in [-0.4, -0.2) is 42.7 Å². The number of hydrogen-bond acceptors (Lipinski definition) is 4. The zero-order chi connectivity index (χ0) is 20.5. The van der Waals surface area contributed by atoms with Crippen molar-refractivity contribution in [3.63, 3.8) is 0 Å². The Hall–Kier alpha value is -2.93. The minimum Gasteiger partial charge on any atom is -0.490 e. The minimum atomic E-state index is -0.883. The van der Waals surface area contributed by atoms with Gasteiger partial charge in [-0.3, -0.25) is 9.59 Å². The normalized spacial score (nSPS) is 11.6. The maximum atomic E-state index is 13.1. The number of aryl methyl sites for hydroxylation is 2. The highest BCUT2D eigenvalue weighted by Gasteiger charge is 2.11. The molecule has 0 saturated carbocycles. The van der Waals surface area contributed by atoms with E-state index in [0.29, 0.717) is 5.56 Å². The van der Waals surface area contributed by atoms with E-state index in [1.54, 1.807) is 6.07 Å². The Morgan fingerprint density at radius 3 is 2.43 bits per heavy atom. The quantitative estimate of drug-likeness (QED) is 0.610. The summed E-state index contributed by atoms with van der Waals surface area (Å²) in [6, 6.07) is 11.5. The van der Waals surface area contributed by atoms with Crippen molar-refractivity contribution in [2.45, 2.75) is 26.4 Å². The Labute approximate surface area is 163 Å². The molecule has 0 fully saturated rings. The summed E-state index contributed by atoms with van der Waals surface area (Å²) in [5.41, 5.74) is 2.46. The molecular weight excluding hydrogens is 363 g/mol. The molecule has 2 amide bonds. The van der Waals surface area contributed by atoms with Gasteiger partial charge in [-0.15, -0.1) is 0 Å². The van der Waals surface area contributed by atoms with Crippen LogP contribution in [0.25, 0.3) is 0 Å². The van der Waals surface area contributed by atoms with Gasteiger partial charge in [0, 0.05) is 6.54 Å². The van der Waals surface area contributed by atoms with Gasteiger partial charge in [-0.05, 0) is 42.7 Å². The summed E-state index contributed by atoms with van der Waals surface area (Å²) in [7, 11) is 0. The molecular formula is C21H25FN2O4. The number of rotatable bonds is 9. The van der Waals surface area contributed by atoms with Crippen LogP contribution in [0.1, 0.15) is 16.7 Å². The number of ether oxygens (including phenoxy) is 1. The lowest BCUT2D eigenvalue weighted by atomic mass is 10.1. The van der Waals surface area contributed by atoms with E-state index in [1.165, 1.54) is 18.2 Å². The van der Waals surface area contributed by atoms with Crippen LogP contribution >= 0.6 is 0 Å². The van der Waals surface area contributed by atoms with Crippen LogP contribution in [0.15, 0.2) is 42.5 Å². The van der Waals surface area contributed by atoms with Gasteiger partial charge in [-0.2, -0.15) is 0 Å². The predicted octanol–water partition coefficient (Wildman–Crippen LogP) is 1.66. The number of hydrogen-bond donors (Lipinski definition) is 3. The van der Waals surface area contributed by atoms with E-state index >= 15 is 0 Å². The van der Waals surface area contributed by atoms with Crippen molar-refractivity contribution in [1.29, 1.82) is 0 Å². The average molecular weight is 388 g/mol. The third-order valence-corrected chi connectivity index (χ3v) is 4.06. The number of aliphatic hydroxyl groups excluding tert-OH is 1. The van der Waals surface area contributed by atoms with E-state index in [4.69, 9.17) is 4.74 Å². The summed E-state index contributed by atoms with van der Waals surface area (Å²) >= 11 is 0. The van der Waals surface area contributed by atoms with Crippen molar-refractivity contribution in [3.05, 3.63) is 65.0 Å². The lowest BCUT2D eigenvalue weighted by Crippen LogP contribution is -2.41. The van der Waals surface area contributed by atoms with Crippen molar-refractivity contribution >= 4 is 11.8 Å². The summed E-state index contributed by atoms with van der Waals surface area (Å²) in [5.74, 6) is -0.518. The van der Waals surface area contributed by atoms with Crippen LogP contribution in [0.5, 0.6) is 5.75 Å². The van der Waals surface area contributed by atoms with Gasteiger partial charge >= 0.3 is 0 Å². The summed E-state index contributed by atoms with van der Waals surface area (Å²) in [6.07, 6.45) is -0.900. The first-order valence-corrected chi connectivity index (χ1v) is 9.00. The minimum absolute atomic E-state index is 0.00350. The molecule has 3 N–H and O–H groups in total. The SMILES string of the molecule is Cc1cccc(C)c1OCC(O)CNC(=O)CNC(=O)Cc1cccc(F)c1. The van der Waals surface area contributed by atoms with Gasteiger partial charge in [0.1, 0.15) is 24.3 Å². The smallest absolute Gasteiger partial charge is 0.239 e.